The van der Waals surface area contributed by atoms with Gasteiger partial charge in [0.15, 0.2) is 0 Å². The SMILES string of the molecule is Cc1nc2cc(N3CC(C(=O)Nc4ccc(Cl)c(C(=O)O)c4)CC3=O)ccc2s1. The number of carboxylic acid groups (broad SMARTS) is 1. The van der Waals surface area contributed by atoms with E-state index in [1.54, 1.807) is 16.2 Å². The number of halogens is 1. The molecule has 4 rings (SSSR count). The van der Waals surface area contributed by atoms with Crippen molar-refractivity contribution in [2.75, 3.05) is 16.8 Å². The van der Waals surface area contributed by atoms with Crippen LogP contribution >= 0.6 is 22.9 Å². The number of benzene rings is 2. The molecule has 1 saturated heterocycles. The lowest BCUT2D eigenvalue weighted by Crippen LogP contribution is -2.28. The minimum Gasteiger partial charge on any atom is -0.478 e. The van der Waals surface area contributed by atoms with E-state index in [1.165, 1.54) is 18.2 Å². The van der Waals surface area contributed by atoms with Crippen molar-refractivity contribution < 1.29 is 19.5 Å². The molecule has 0 bridgehead atoms. The van der Waals surface area contributed by atoms with Crippen molar-refractivity contribution in [2.24, 2.45) is 5.92 Å². The number of amides is 2. The second-order valence-corrected chi connectivity index (χ2v) is 8.42. The molecule has 1 aromatic heterocycles. The van der Waals surface area contributed by atoms with Gasteiger partial charge in [0.2, 0.25) is 11.8 Å². The summed E-state index contributed by atoms with van der Waals surface area (Å²) >= 11 is 7.44. The molecular weight excluding hydrogens is 414 g/mol. The van der Waals surface area contributed by atoms with Crippen LogP contribution in [-0.4, -0.2) is 34.4 Å². The van der Waals surface area contributed by atoms with E-state index in [0.29, 0.717) is 11.4 Å². The Hall–Kier alpha value is -2.97. The minimum absolute atomic E-state index is 0.0827. The molecule has 2 amide bonds. The Morgan fingerprint density at radius 3 is 2.83 bits per heavy atom. The zero-order valence-electron chi connectivity index (χ0n) is 15.3. The molecule has 3 aromatic rings. The lowest BCUT2D eigenvalue weighted by Gasteiger charge is -2.17. The van der Waals surface area contributed by atoms with Gasteiger partial charge in [0.25, 0.3) is 0 Å². The third-order valence-electron chi connectivity index (χ3n) is 4.75. The number of hydrogen-bond donors (Lipinski definition) is 2. The summed E-state index contributed by atoms with van der Waals surface area (Å²) in [5.74, 6) is -2.20. The molecule has 0 aliphatic carbocycles. The third-order valence-corrected chi connectivity index (χ3v) is 6.03. The maximum Gasteiger partial charge on any atom is 0.337 e. The Bertz CT molecular complexity index is 1160. The molecule has 2 N–H and O–H groups in total. The number of carbonyl (C=O) groups is 3. The van der Waals surface area contributed by atoms with Crippen LogP contribution in [0.25, 0.3) is 10.2 Å². The van der Waals surface area contributed by atoms with Gasteiger partial charge in [-0.05, 0) is 43.3 Å². The van der Waals surface area contributed by atoms with Gasteiger partial charge in [-0.1, -0.05) is 11.6 Å². The Kier molecular flexibility index (Phi) is 4.97. The van der Waals surface area contributed by atoms with Crippen LogP contribution in [0.15, 0.2) is 36.4 Å². The van der Waals surface area contributed by atoms with Crippen molar-refractivity contribution in [1.29, 1.82) is 0 Å². The number of carboxylic acids is 1. The number of hydrogen-bond acceptors (Lipinski definition) is 5. The van der Waals surface area contributed by atoms with Crippen LogP contribution in [0, 0.1) is 12.8 Å². The van der Waals surface area contributed by atoms with E-state index < -0.39 is 11.9 Å². The maximum atomic E-state index is 12.6. The number of nitrogens with zero attached hydrogens (tertiary/aromatic N) is 2. The number of nitrogens with one attached hydrogen (secondary N) is 1. The largest absolute Gasteiger partial charge is 0.478 e. The molecule has 0 spiro atoms. The molecule has 0 radical (unpaired) electrons. The lowest BCUT2D eigenvalue weighted by molar-refractivity contribution is -0.122. The zero-order chi connectivity index (χ0) is 20.7. The summed E-state index contributed by atoms with van der Waals surface area (Å²) in [7, 11) is 0. The van der Waals surface area contributed by atoms with Crippen LogP contribution in [0.2, 0.25) is 5.02 Å². The zero-order valence-corrected chi connectivity index (χ0v) is 16.9. The van der Waals surface area contributed by atoms with Crippen LogP contribution in [0.4, 0.5) is 11.4 Å². The Labute approximate surface area is 174 Å². The molecule has 1 atom stereocenters. The summed E-state index contributed by atoms with van der Waals surface area (Å²) in [5.41, 5.74) is 1.76. The van der Waals surface area contributed by atoms with Crippen molar-refractivity contribution in [2.45, 2.75) is 13.3 Å². The van der Waals surface area contributed by atoms with E-state index in [4.69, 9.17) is 16.7 Å². The van der Waals surface area contributed by atoms with Crippen LogP contribution in [0.3, 0.4) is 0 Å². The number of aromatic nitrogens is 1. The number of aromatic carboxylic acids is 1. The Balaban J connectivity index is 1.50. The first-order valence-corrected chi connectivity index (χ1v) is 10.0. The van der Waals surface area contributed by atoms with Gasteiger partial charge in [0.1, 0.15) is 0 Å². The van der Waals surface area contributed by atoms with Gasteiger partial charge in [-0.2, -0.15) is 0 Å². The van der Waals surface area contributed by atoms with Crippen LogP contribution < -0.4 is 10.2 Å². The smallest absolute Gasteiger partial charge is 0.337 e. The Morgan fingerprint density at radius 1 is 1.28 bits per heavy atom. The van der Waals surface area contributed by atoms with Crippen molar-refractivity contribution in [3.05, 3.63) is 52.0 Å². The Morgan fingerprint density at radius 2 is 2.07 bits per heavy atom. The minimum atomic E-state index is -1.18. The van der Waals surface area contributed by atoms with Crippen molar-refractivity contribution in [3.8, 4) is 0 Å². The number of carbonyl (C=O) groups excluding carboxylic acids is 2. The fourth-order valence-electron chi connectivity index (χ4n) is 3.34. The molecule has 1 fully saturated rings. The van der Waals surface area contributed by atoms with E-state index in [0.717, 1.165) is 15.2 Å². The molecule has 1 unspecified atom stereocenters. The molecule has 0 saturated carbocycles. The fraction of sp³-hybridized carbons (Fsp3) is 0.200. The summed E-state index contributed by atoms with van der Waals surface area (Å²) in [6, 6.07) is 9.89. The van der Waals surface area contributed by atoms with Gasteiger partial charge >= 0.3 is 5.97 Å². The molecule has 1 aliphatic heterocycles. The molecule has 29 heavy (non-hydrogen) atoms. The van der Waals surface area contributed by atoms with Crippen molar-refractivity contribution in [3.63, 3.8) is 0 Å². The lowest BCUT2D eigenvalue weighted by atomic mass is 10.1. The van der Waals surface area contributed by atoms with Gasteiger partial charge in [0.05, 0.1) is 31.7 Å². The molecule has 7 nitrogen and oxygen atoms in total. The highest BCUT2D eigenvalue weighted by molar-refractivity contribution is 7.18. The van der Waals surface area contributed by atoms with E-state index >= 15 is 0 Å². The second kappa shape index (κ2) is 7.46. The molecule has 2 aromatic carbocycles. The van der Waals surface area contributed by atoms with Crippen molar-refractivity contribution >= 4 is 62.3 Å². The number of rotatable bonds is 4. The molecule has 1 aliphatic rings. The van der Waals surface area contributed by atoms with E-state index in [9.17, 15) is 14.4 Å². The van der Waals surface area contributed by atoms with E-state index in [1.807, 2.05) is 25.1 Å². The predicted molar refractivity (Wildman–Crippen MR) is 112 cm³/mol. The third kappa shape index (κ3) is 3.81. The highest BCUT2D eigenvalue weighted by Crippen LogP contribution is 2.31. The number of anilines is 2. The van der Waals surface area contributed by atoms with Gasteiger partial charge in [0, 0.05) is 24.3 Å². The quantitative estimate of drug-likeness (QED) is 0.654. The molecular formula is C20H16ClN3O4S. The van der Waals surface area contributed by atoms with Gasteiger partial charge in [-0.15, -0.1) is 11.3 Å². The van der Waals surface area contributed by atoms with Gasteiger partial charge in [-0.3, -0.25) is 9.59 Å². The summed E-state index contributed by atoms with van der Waals surface area (Å²) in [5, 5.41) is 12.9. The second-order valence-electron chi connectivity index (χ2n) is 6.78. The first-order chi connectivity index (χ1) is 13.8. The highest BCUT2D eigenvalue weighted by Gasteiger charge is 2.35. The standard InChI is InChI=1S/C20H16ClN3O4S/c1-10-22-16-8-13(3-5-17(16)29-10)24-9-11(6-18(24)25)19(26)23-12-2-4-15(21)14(7-12)20(27)28/h2-5,7-8,11H,6,9H2,1H3,(H,23,26)(H,27,28). The molecule has 2 heterocycles. The normalized spacial score (nSPS) is 16.4. The fourth-order valence-corrected chi connectivity index (χ4v) is 4.35. The maximum absolute atomic E-state index is 12.6. The first kappa shape index (κ1) is 19.4. The average Bonchev–Trinajstić information content (AvgIpc) is 3.24. The number of aryl methyl sites for hydroxylation is 1. The monoisotopic (exact) mass is 429 g/mol. The highest BCUT2D eigenvalue weighted by atomic mass is 35.5. The predicted octanol–water partition coefficient (Wildman–Crippen LogP) is 3.95. The summed E-state index contributed by atoms with van der Waals surface area (Å²) in [4.78, 5) is 42.4. The van der Waals surface area contributed by atoms with E-state index in [-0.39, 0.29) is 35.4 Å². The van der Waals surface area contributed by atoms with Crippen molar-refractivity contribution in [1.82, 2.24) is 4.98 Å². The number of thiazole rings is 1. The number of fused-ring (bicyclic) bond motifs is 1. The van der Waals surface area contributed by atoms with Crippen LogP contribution in [-0.2, 0) is 9.59 Å². The van der Waals surface area contributed by atoms with Gasteiger partial charge < -0.3 is 15.3 Å². The summed E-state index contributed by atoms with van der Waals surface area (Å²) in [6.45, 7) is 2.18. The first-order valence-electron chi connectivity index (χ1n) is 8.83. The average molecular weight is 430 g/mol. The molecule has 9 heteroatoms. The van der Waals surface area contributed by atoms with Crippen LogP contribution in [0.1, 0.15) is 21.8 Å². The summed E-state index contributed by atoms with van der Waals surface area (Å²) in [6.07, 6.45) is 0.0827. The molecule has 148 valence electrons. The van der Waals surface area contributed by atoms with E-state index in [2.05, 4.69) is 10.3 Å². The van der Waals surface area contributed by atoms with Crippen LogP contribution in [0.5, 0.6) is 0 Å². The van der Waals surface area contributed by atoms with Gasteiger partial charge in [-0.25, -0.2) is 9.78 Å². The topological polar surface area (TPSA) is 99.6 Å². The summed E-state index contributed by atoms with van der Waals surface area (Å²) < 4.78 is 1.05.